The number of hydrogen-bond donors (Lipinski definition) is 0. The van der Waals surface area contributed by atoms with Gasteiger partial charge in [0.05, 0.1) is 12.9 Å². The molecule has 0 spiro atoms. The van der Waals surface area contributed by atoms with Crippen molar-refractivity contribution >= 4 is 5.57 Å². The lowest BCUT2D eigenvalue weighted by Crippen LogP contribution is -1.92. The van der Waals surface area contributed by atoms with Crippen LogP contribution in [0.25, 0.3) is 5.57 Å². The van der Waals surface area contributed by atoms with Gasteiger partial charge in [-0.2, -0.15) is 0 Å². The molecular formula is C20H24O. The molecule has 0 aliphatic carbocycles. The second kappa shape index (κ2) is 9.02. The molecule has 0 fully saturated rings. The van der Waals surface area contributed by atoms with Gasteiger partial charge in [0.2, 0.25) is 0 Å². The van der Waals surface area contributed by atoms with Gasteiger partial charge in [-0.05, 0) is 17.5 Å². The fourth-order valence-electron chi connectivity index (χ4n) is 2.29. The van der Waals surface area contributed by atoms with E-state index in [9.17, 15) is 0 Å². The monoisotopic (exact) mass is 280 g/mol. The second-order valence-corrected chi connectivity index (χ2v) is 5.20. The van der Waals surface area contributed by atoms with Crippen molar-refractivity contribution in [2.75, 3.05) is 6.61 Å². The average Bonchev–Trinajstić information content (AvgIpc) is 2.56. The summed E-state index contributed by atoms with van der Waals surface area (Å²) in [4.78, 5) is 0. The zero-order chi connectivity index (χ0) is 14.8. The van der Waals surface area contributed by atoms with Crippen LogP contribution in [0.1, 0.15) is 43.7 Å². The van der Waals surface area contributed by atoms with Crippen LogP contribution < -0.4 is 0 Å². The summed E-state index contributed by atoms with van der Waals surface area (Å²) in [6.07, 6.45) is 6.83. The zero-order valence-electron chi connectivity index (χ0n) is 12.8. The normalized spacial score (nSPS) is 10.1. The van der Waals surface area contributed by atoms with Crippen LogP contribution in [0.15, 0.2) is 66.9 Å². The van der Waals surface area contributed by atoms with E-state index in [1.165, 1.54) is 30.4 Å². The van der Waals surface area contributed by atoms with Crippen LogP contribution in [0.2, 0.25) is 0 Å². The van der Waals surface area contributed by atoms with E-state index >= 15 is 0 Å². The highest BCUT2D eigenvalue weighted by Gasteiger charge is 2.04. The molecule has 0 aliphatic heterocycles. The zero-order valence-corrected chi connectivity index (χ0v) is 12.8. The summed E-state index contributed by atoms with van der Waals surface area (Å²) in [5.74, 6) is 0. The third-order valence-corrected chi connectivity index (χ3v) is 3.49. The Kier molecular flexibility index (Phi) is 6.60. The highest BCUT2D eigenvalue weighted by atomic mass is 16.5. The molecule has 21 heavy (non-hydrogen) atoms. The molecule has 0 amide bonds. The lowest BCUT2D eigenvalue weighted by molar-refractivity contribution is 0.242. The summed E-state index contributed by atoms with van der Waals surface area (Å²) < 4.78 is 5.79. The topological polar surface area (TPSA) is 9.23 Å². The molecule has 0 N–H and O–H groups in total. The van der Waals surface area contributed by atoms with E-state index in [-0.39, 0.29) is 0 Å². The first-order chi connectivity index (χ1) is 10.4. The van der Waals surface area contributed by atoms with E-state index in [1.54, 1.807) is 0 Å². The predicted molar refractivity (Wildman–Crippen MR) is 90.1 cm³/mol. The van der Waals surface area contributed by atoms with E-state index in [0.29, 0.717) is 0 Å². The minimum atomic E-state index is 0.795. The van der Waals surface area contributed by atoms with Crippen LogP contribution >= 0.6 is 0 Å². The van der Waals surface area contributed by atoms with E-state index in [1.807, 2.05) is 18.4 Å². The molecule has 2 rings (SSSR count). The molecule has 0 atom stereocenters. The maximum absolute atomic E-state index is 5.79. The Morgan fingerprint density at radius 2 is 1.38 bits per heavy atom. The number of benzene rings is 2. The Labute approximate surface area is 128 Å². The first kappa shape index (κ1) is 15.4. The van der Waals surface area contributed by atoms with Crippen LogP contribution in [0.4, 0.5) is 0 Å². The molecular weight excluding hydrogens is 256 g/mol. The van der Waals surface area contributed by atoms with E-state index < -0.39 is 0 Å². The van der Waals surface area contributed by atoms with Crippen molar-refractivity contribution < 1.29 is 4.74 Å². The van der Waals surface area contributed by atoms with E-state index in [4.69, 9.17) is 4.74 Å². The third-order valence-electron chi connectivity index (χ3n) is 3.49. The standard InChI is InChI=1S/C20H24O/c1-2-3-4-11-16-21-17-20(18-12-7-5-8-13-18)19-14-9-6-10-15-19/h5-10,12-15,17H,2-4,11,16H2,1H3. The van der Waals surface area contributed by atoms with Crippen LogP contribution in [0.3, 0.4) is 0 Å². The Morgan fingerprint density at radius 3 is 1.90 bits per heavy atom. The van der Waals surface area contributed by atoms with Gasteiger partial charge in [-0.25, -0.2) is 0 Å². The van der Waals surface area contributed by atoms with Crippen LogP contribution in [0.5, 0.6) is 0 Å². The van der Waals surface area contributed by atoms with Gasteiger partial charge in [-0.1, -0.05) is 86.8 Å². The summed E-state index contributed by atoms with van der Waals surface area (Å²) in [5.41, 5.74) is 3.53. The Hall–Kier alpha value is -2.02. The number of ether oxygens (including phenoxy) is 1. The van der Waals surface area contributed by atoms with Crippen molar-refractivity contribution in [2.45, 2.75) is 32.6 Å². The van der Waals surface area contributed by atoms with Gasteiger partial charge in [0.25, 0.3) is 0 Å². The molecule has 2 aromatic carbocycles. The summed E-state index contributed by atoms with van der Waals surface area (Å²) in [7, 11) is 0. The fourth-order valence-corrected chi connectivity index (χ4v) is 2.29. The van der Waals surface area contributed by atoms with Gasteiger partial charge in [0.15, 0.2) is 0 Å². The second-order valence-electron chi connectivity index (χ2n) is 5.20. The highest BCUT2D eigenvalue weighted by molar-refractivity contribution is 5.78. The smallest absolute Gasteiger partial charge is 0.0913 e. The van der Waals surface area contributed by atoms with Gasteiger partial charge >= 0.3 is 0 Å². The molecule has 0 saturated heterocycles. The minimum Gasteiger partial charge on any atom is -0.501 e. The minimum absolute atomic E-state index is 0.795. The number of unbranched alkanes of at least 4 members (excludes halogenated alkanes) is 3. The Morgan fingerprint density at radius 1 is 0.810 bits per heavy atom. The van der Waals surface area contributed by atoms with Gasteiger partial charge < -0.3 is 4.74 Å². The molecule has 110 valence electrons. The Balaban J connectivity index is 2.06. The van der Waals surface area contributed by atoms with Crippen molar-refractivity contribution in [3.05, 3.63) is 78.1 Å². The molecule has 1 nitrogen and oxygen atoms in total. The summed E-state index contributed by atoms with van der Waals surface area (Å²) in [6.45, 7) is 3.02. The summed E-state index contributed by atoms with van der Waals surface area (Å²) in [6, 6.07) is 20.8. The molecule has 1 heteroatoms. The summed E-state index contributed by atoms with van der Waals surface area (Å²) in [5, 5.41) is 0. The third kappa shape index (κ3) is 5.11. The summed E-state index contributed by atoms with van der Waals surface area (Å²) >= 11 is 0. The molecule has 0 aromatic heterocycles. The Bertz CT molecular complexity index is 487. The molecule has 0 aliphatic rings. The van der Waals surface area contributed by atoms with Crippen molar-refractivity contribution in [1.29, 1.82) is 0 Å². The molecule has 0 saturated carbocycles. The van der Waals surface area contributed by atoms with Crippen molar-refractivity contribution in [2.24, 2.45) is 0 Å². The lowest BCUT2D eigenvalue weighted by Gasteiger charge is -2.09. The molecule has 2 aromatic rings. The molecule has 0 heterocycles. The first-order valence-electron chi connectivity index (χ1n) is 7.84. The maximum Gasteiger partial charge on any atom is 0.0913 e. The maximum atomic E-state index is 5.79. The van der Waals surface area contributed by atoms with Crippen molar-refractivity contribution in [3.8, 4) is 0 Å². The van der Waals surface area contributed by atoms with Gasteiger partial charge in [0.1, 0.15) is 0 Å². The van der Waals surface area contributed by atoms with Crippen LogP contribution in [-0.2, 0) is 4.74 Å². The molecule has 0 radical (unpaired) electrons. The van der Waals surface area contributed by atoms with Crippen molar-refractivity contribution in [1.82, 2.24) is 0 Å². The van der Waals surface area contributed by atoms with E-state index in [2.05, 4.69) is 55.5 Å². The fraction of sp³-hybridized carbons (Fsp3) is 0.300. The molecule has 0 unspecified atom stereocenters. The quantitative estimate of drug-likeness (QED) is 0.447. The SMILES string of the molecule is CCCCCCOC=C(c1ccccc1)c1ccccc1. The van der Waals surface area contributed by atoms with Gasteiger partial charge in [-0.15, -0.1) is 0 Å². The predicted octanol–water partition coefficient (Wildman–Crippen LogP) is 5.67. The largest absolute Gasteiger partial charge is 0.501 e. The number of hydrogen-bond acceptors (Lipinski definition) is 1. The van der Waals surface area contributed by atoms with Crippen LogP contribution in [-0.4, -0.2) is 6.61 Å². The van der Waals surface area contributed by atoms with Crippen molar-refractivity contribution in [3.63, 3.8) is 0 Å². The van der Waals surface area contributed by atoms with E-state index in [0.717, 1.165) is 18.6 Å². The average molecular weight is 280 g/mol. The number of rotatable bonds is 8. The lowest BCUT2D eigenvalue weighted by atomic mass is 9.99. The first-order valence-corrected chi connectivity index (χ1v) is 7.84. The molecule has 0 bridgehead atoms. The van der Waals surface area contributed by atoms with Crippen LogP contribution in [0, 0.1) is 0 Å². The van der Waals surface area contributed by atoms with Gasteiger partial charge in [-0.3, -0.25) is 0 Å². The highest BCUT2D eigenvalue weighted by Crippen LogP contribution is 2.23. The van der Waals surface area contributed by atoms with Gasteiger partial charge in [0, 0.05) is 5.57 Å².